The lowest BCUT2D eigenvalue weighted by molar-refractivity contribution is -0.137. The molecular formula is C14H11F3N4O. The summed E-state index contributed by atoms with van der Waals surface area (Å²) >= 11 is 0. The van der Waals surface area contributed by atoms with E-state index in [9.17, 15) is 18.0 Å². The van der Waals surface area contributed by atoms with E-state index in [4.69, 9.17) is 0 Å². The number of nitrogens with one attached hydrogen (secondary N) is 1. The Morgan fingerprint density at radius 2 is 2.05 bits per heavy atom. The predicted molar refractivity (Wildman–Crippen MR) is 73.2 cm³/mol. The van der Waals surface area contributed by atoms with Crippen molar-refractivity contribution in [2.45, 2.75) is 13.1 Å². The second kappa shape index (κ2) is 6.33. The first-order valence-corrected chi connectivity index (χ1v) is 6.16. The predicted octanol–water partition coefficient (Wildman–Crippen LogP) is 2.65. The van der Waals surface area contributed by atoms with Gasteiger partial charge in [-0.25, -0.2) is 5.43 Å². The van der Waals surface area contributed by atoms with Crippen LogP contribution in [0.3, 0.4) is 0 Å². The lowest BCUT2D eigenvalue weighted by atomic mass is 10.1. The van der Waals surface area contributed by atoms with Crippen molar-refractivity contribution in [1.82, 2.24) is 15.4 Å². The van der Waals surface area contributed by atoms with Crippen LogP contribution in [0.25, 0.3) is 0 Å². The highest BCUT2D eigenvalue weighted by molar-refractivity contribution is 5.99. The SMILES string of the molecule is C/C(=N\NC(=O)c1cccc(C(F)(F)F)c1)c1cnccn1. The number of aromatic nitrogens is 2. The third-order valence-corrected chi connectivity index (χ3v) is 2.71. The molecule has 22 heavy (non-hydrogen) atoms. The zero-order valence-corrected chi connectivity index (χ0v) is 11.4. The normalized spacial score (nSPS) is 12.1. The maximum Gasteiger partial charge on any atom is 0.416 e. The van der Waals surface area contributed by atoms with E-state index in [2.05, 4.69) is 20.5 Å². The highest BCUT2D eigenvalue weighted by Crippen LogP contribution is 2.29. The fourth-order valence-corrected chi connectivity index (χ4v) is 1.58. The van der Waals surface area contributed by atoms with Crippen LogP contribution in [0.5, 0.6) is 0 Å². The van der Waals surface area contributed by atoms with Crippen LogP contribution in [0.2, 0.25) is 0 Å². The number of alkyl halides is 3. The molecule has 0 saturated carbocycles. The number of hydrogen-bond acceptors (Lipinski definition) is 4. The van der Waals surface area contributed by atoms with Crippen molar-refractivity contribution in [2.75, 3.05) is 0 Å². The van der Waals surface area contributed by atoms with Crippen LogP contribution in [0.4, 0.5) is 13.2 Å². The average molecular weight is 308 g/mol. The fourth-order valence-electron chi connectivity index (χ4n) is 1.58. The third kappa shape index (κ3) is 3.87. The highest BCUT2D eigenvalue weighted by atomic mass is 19.4. The smallest absolute Gasteiger partial charge is 0.267 e. The Balaban J connectivity index is 2.13. The Labute approximate surface area is 123 Å². The Bertz CT molecular complexity index is 699. The molecule has 8 heteroatoms. The molecule has 0 fully saturated rings. The molecule has 0 saturated heterocycles. The van der Waals surface area contributed by atoms with Gasteiger partial charge in [-0.3, -0.25) is 14.8 Å². The van der Waals surface area contributed by atoms with Crippen LogP contribution < -0.4 is 5.43 Å². The number of carbonyl (C=O) groups excluding carboxylic acids is 1. The van der Waals surface area contributed by atoms with Crippen molar-refractivity contribution in [3.05, 3.63) is 59.7 Å². The molecule has 0 unspecified atom stereocenters. The lowest BCUT2D eigenvalue weighted by Gasteiger charge is -2.08. The third-order valence-electron chi connectivity index (χ3n) is 2.71. The molecule has 0 radical (unpaired) electrons. The molecule has 1 aromatic carbocycles. The topological polar surface area (TPSA) is 67.2 Å². The maximum absolute atomic E-state index is 12.6. The van der Waals surface area contributed by atoms with Gasteiger partial charge >= 0.3 is 6.18 Å². The minimum absolute atomic E-state index is 0.134. The number of hydrazone groups is 1. The summed E-state index contributed by atoms with van der Waals surface area (Å²) < 4.78 is 37.8. The summed E-state index contributed by atoms with van der Waals surface area (Å²) in [6.45, 7) is 1.59. The van der Waals surface area contributed by atoms with E-state index in [0.29, 0.717) is 11.4 Å². The number of amides is 1. The summed E-state index contributed by atoms with van der Waals surface area (Å²) in [7, 11) is 0. The molecule has 1 heterocycles. The second-order valence-corrected chi connectivity index (χ2v) is 4.31. The Kier molecular flexibility index (Phi) is 4.50. The van der Waals surface area contributed by atoms with Crippen LogP contribution in [0, 0.1) is 0 Å². The van der Waals surface area contributed by atoms with Gasteiger partial charge in [0.25, 0.3) is 5.91 Å². The van der Waals surface area contributed by atoms with Gasteiger partial charge in [-0.1, -0.05) is 6.07 Å². The molecule has 2 rings (SSSR count). The Morgan fingerprint density at radius 3 is 2.68 bits per heavy atom. The fraction of sp³-hybridized carbons (Fsp3) is 0.143. The highest BCUT2D eigenvalue weighted by Gasteiger charge is 2.30. The molecule has 0 bridgehead atoms. The molecule has 5 nitrogen and oxygen atoms in total. The molecule has 0 aliphatic heterocycles. The quantitative estimate of drug-likeness (QED) is 0.700. The number of rotatable bonds is 3. The van der Waals surface area contributed by atoms with Gasteiger partial charge in [-0.05, 0) is 25.1 Å². The molecule has 1 N–H and O–H groups in total. The van der Waals surface area contributed by atoms with E-state index < -0.39 is 17.6 Å². The van der Waals surface area contributed by atoms with Crippen LogP contribution in [-0.2, 0) is 6.18 Å². The Hall–Kier alpha value is -2.77. The minimum atomic E-state index is -4.50. The van der Waals surface area contributed by atoms with Crippen LogP contribution in [-0.4, -0.2) is 21.6 Å². The molecule has 0 atom stereocenters. The van der Waals surface area contributed by atoms with Crippen molar-refractivity contribution >= 4 is 11.6 Å². The first kappa shape index (κ1) is 15.6. The first-order valence-electron chi connectivity index (χ1n) is 6.16. The molecule has 1 amide bonds. The average Bonchev–Trinajstić information content (AvgIpc) is 2.52. The van der Waals surface area contributed by atoms with Gasteiger partial charge in [0.05, 0.1) is 17.5 Å². The summed E-state index contributed by atoms with van der Waals surface area (Å²) in [5, 5.41) is 3.80. The zero-order chi connectivity index (χ0) is 16.2. The number of hydrogen-bond donors (Lipinski definition) is 1. The van der Waals surface area contributed by atoms with Crippen LogP contribution in [0.1, 0.15) is 28.5 Å². The van der Waals surface area contributed by atoms with Crippen molar-refractivity contribution in [2.24, 2.45) is 5.10 Å². The molecule has 1 aromatic heterocycles. The molecule has 114 valence electrons. The molecular weight excluding hydrogens is 297 g/mol. The van der Waals surface area contributed by atoms with Crippen molar-refractivity contribution < 1.29 is 18.0 Å². The zero-order valence-electron chi connectivity index (χ0n) is 11.4. The van der Waals surface area contributed by atoms with Gasteiger partial charge in [-0.2, -0.15) is 18.3 Å². The number of benzene rings is 1. The summed E-state index contributed by atoms with van der Waals surface area (Å²) in [6.07, 6.45) is -0.106. The van der Waals surface area contributed by atoms with Gasteiger partial charge in [-0.15, -0.1) is 0 Å². The maximum atomic E-state index is 12.6. The van der Waals surface area contributed by atoms with Gasteiger partial charge in [0.2, 0.25) is 0 Å². The van der Waals surface area contributed by atoms with E-state index in [1.807, 2.05) is 0 Å². The van der Waals surface area contributed by atoms with Crippen molar-refractivity contribution in [3.8, 4) is 0 Å². The minimum Gasteiger partial charge on any atom is -0.267 e. The van der Waals surface area contributed by atoms with Gasteiger partial charge < -0.3 is 0 Å². The number of halogens is 3. The van der Waals surface area contributed by atoms with E-state index in [-0.39, 0.29) is 5.56 Å². The summed E-state index contributed by atoms with van der Waals surface area (Å²) in [5.74, 6) is -0.741. The largest absolute Gasteiger partial charge is 0.416 e. The van der Waals surface area contributed by atoms with E-state index >= 15 is 0 Å². The first-order chi connectivity index (χ1) is 10.4. The van der Waals surface area contributed by atoms with Gasteiger partial charge in [0.15, 0.2) is 0 Å². The summed E-state index contributed by atoms with van der Waals surface area (Å²) in [5.41, 5.74) is 2.00. The molecule has 0 aliphatic carbocycles. The number of nitrogens with zero attached hydrogens (tertiary/aromatic N) is 3. The van der Waals surface area contributed by atoms with Crippen LogP contribution >= 0.6 is 0 Å². The molecule has 0 aliphatic rings. The van der Waals surface area contributed by atoms with E-state index in [1.165, 1.54) is 24.7 Å². The number of carbonyl (C=O) groups is 1. The van der Waals surface area contributed by atoms with E-state index in [1.54, 1.807) is 6.92 Å². The van der Waals surface area contributed by atoms with Crippen molar-refractivity contribution in [1.29, 1.82) is 0 Å². The second-order valence-electron chi connectivity index (χ2n) is 4.31. The van der Waals surface area contributed by atoms with Crippen LogP contribution in [0.15, 0.2) is 48.0 Å². The molecule has 2 aromatic rings. The molecule has 0 spiro atoms. The standard InChI is InChI=1S/C14H11F3N4O/c1-9(12-8-18-5-6-19-12)20-21-13(22)10-3-2-4-11(7-10)14(15,16)17/h2-8H,1H3,(H,21,22)/b20-9+. The van der Waals surface area contributed by atoms with Gasteiger partial charge in [0, 0.05) is 18.0 Å². The van der Waals surface area contributed by atoms with Crippen molar-refractivity contribution in [3.63, 3.8) is 0 Å². The summed E-state index contributed by atoms with van der Waals surface area (Å²) in [6, 6.07) is 4.10. The monoisotopic (exact) mass is 308 g/mol. The van der Waals surface area contributed by atoms with Gasteiger partial charge in [0.1, 0.15) is 5.69 Å². The Morgan fingerprint density at radius 1 is 1.27 bits per heavy atom. The lowest BCUT2D eigenvalue weighted by Crippen LogP contribution is -2.20. The summed E-state index contributed by atoms with van der Waals surface area (Å²) in [4.78, 5) is 19.7. The van der Waals surface area contributed by atoms with E-state index in [0.717, 1.165) is 18.2 Å².